The highest BCUT2D eigenvalue weighted by atomic mass is 19.4. The fourth-order valence-corrected chi connectivity index (χ4v) is 5.55. The zero-order valence-electron chi connectivity index (χ0n) is 21.1. The van der Waals surface area contributed by atoms with Crippen molar-refractivity contribution in [1.29, 1.82) is 0 Å². The maximum atomic E-state index is 13.6. The molecule has 4 rings (SSSR count). The average molecular weight is 521 g/mol. The molecule has 10 heteroatoms. The molecule has 1 heterocycles. The number of benzene rings is 2. The summed E-state index contributed by atoms with van der Waals surface area (Å²) in [5.41, 5.74) is 1.59. The number of aryl methyl sites for hydroxylation is 2. The first-order valence-corrected chi connectivity index (χ1v) is 12.2. The zero-order chi connectivity index (χ0) is 26.8. The molecule has 0 aromatic heterocycles. The second kappa shape index (κ2) is 10.5. The van der Waals surface area contributed by atoms with Crippen molar-refractivity contribution in [3.8, 4) is 17.2 Å². The summed E-state index contributed by atoms with van der Waals surface area (Å²) < 4.78 is 51.6. The predicted octanol–water partition coefficient (Wildman–Crippen LogP) is 4.80. The third kappa shape index (κ3) is 5.78. The van der Waals surface area contributed by atoms with Crippen molar-refractivity contribution in [2.45, 2.75) is 63.4 Å². The Morgan fingerprint density at radius 2 is 1.76 bits per heavy atom. The van der Waals surface area contributed by atoms with Crippen LogP contribution in [0.2, 0.25) is 0 Å². The summed E-state index contributed by atoms with van der Waals surface area (Å²) in [6.45, 7) is 2.40. The smallest absolute Gasteiger partial charge is 0.493 e. The van der Waals surface area contributed by atoms with E-state index in [2.05, 4.69) is 10.1 Å². The van der Waals surface area contributed by atoms with Gasteiger partial charge in [0.15, 0.2) is 11.5 Å². The first-order valence-electron chi connectivity index (χ1n) is 12.2. The van der Waals surface area contributed by atoms with Gasteiger partial charge in [0.2, 0.25) is 5.91 Å². The number of ether oxygens (including phenoxy) is 3. The molecule has 1 saturated heterocycles. The van der Waals surface area contributed by atoms with Crippen molar-refractivity contribution >= 4 is 11.8 Å². The second-order valence-corrected chi connectivity index (χ2v) is 9.57. The van der Waals surface area contributed by atoms with Crippen LogP contribution in [0.15, 0.2) is 36.4 Å². The Balaban J connectivity index is 1.40. The lowest BCUT2D eigenvalue weighted by molar-refractivity contribution is -0.274. The monoisotopic (exact) mass is 520 g/mol. The fourth-order valence-electron chi connectivity index (χ4n) is 5.55. The molecule has 2 aromatic rings. The maximum absolute atomic E-state index is 13.6. The Labute approximate surface area is 213 Å². The van der Waals surface area contributed by atoms with Crippen LogP contribution >= 0.6 is 0 Å². The molecule has 0 bridgehead atoms. The molecule has 2 fully saturated rings. The third-order valence-corrected chi connectivity index (χ3v) is 7.32. The summed E-state index contributed by atoms with van der Waals surface area (Å²) >= 11 is 0. The lowest BCUT2D eigenvalue weighted by Crippen LogP contribution is -2.54. The normalized spacial score (nSPS) is 20.9. The number of rotatable bonds is 8. The minimum absolute atomic E-state index is 0.0948. The number of alkyl halides is 3. The van der Waals surface area contributed by atoms with Crippen LogP contribution in [0.4, 0.5) is 13.2 Å². The number of carbonyl (C=O) groups excluding carboxylic acids is 2. The highest BCUT2D eigenvalue weighted by Crippen LogP contribution is 2.43. The second-order valence-electron chi connectivity index (χ2n) is 9.57. The summed E-state index contributed by atoms with van der Waals surface area (Å²) in [5, 5.41) is 3.21. The number of nitrogens with one attached hydrogen (secondary N) is 1. The van der Waals surface area contributed by atoms with E-state index in [1.165, 1.54) is 31.4 Å². The highest BCUT2D eigenvalue weighted by molar-refractivity contribution is 5.97. The number of nitrogens with zero attached hydrogens (tertiary/aromatic N) is 1. The number of carbonyl (C=O) groups is 2. The van der Waals surface area contributed by atoms with Gasteiger partial charge in [0, 0.05) is 18.5 Å². The number of hydrogen-bond acceptors (Lipinski definition) is 5. The van der Waals surface area contributed by atoms with Crippen molar-refractivity contribution in [1.82, 2.24) is 10.2 Å². The number of fused-ring (bicyclic) bond motifs is 1. The highest BCUT2D eigenvalue weighted by Gasteiger charge is 2.52. The molecule has 0 radical (unpaired) electrons. The van der Waals surface area contributed by atoms with E-state index in [0.29, 0.717) is 36.4 Å². The van der Waals surface area contributed by atoms with Crippen LogP contribution in [-0.2, 0) is 11.2 Å². The van der Waals surface area contributed by atoms with Gasteiger partial charge in [0.1, 0.15) is 5.75 Å². The Morgan fingerprint density at radius 3 is 2.41 bits per heavy atom. The molecule has 7 nitrogen and oxygen atoms in total. The molecule has 2 atom stereocenters. The van der Waals surface area contributed by atoms with Crippen molar-refractivity contribution in [2.75, 3.05) is 20.8 Å². The Bertz CT molecular complexity index is 1150. The van der Waals surface area contributed by atoms with Gasteiger partial charge in [-0.15, -0.1) is 13.2 Å². The Hall–Kier alpha value is -3.43. The zero-order valence-corrected chi connectivity index (χ0v) is 21.1. The number of amides is 2. The van der Waals surface area contributed by atoms with Crippen molar-refractivity contribution in [3.05, 3.63) is 53.1 Å². The summed E-state index contributed by atoms with van der Waals surface area (Å²) in [5.74, 6) is 0.512. The first kappa shape index (κ1) is 26.6. The van der Waals surface area contributed by atoms with Crippen LogP contribution in [0.25, 0.3) is 0 Å². The van der Waals surface area contributed by atoms with Crippen molar-refractivity contribution in [3.63, 3.8) is 0 Å². The SMILES string of the molecule is COc1cc(C)c(C(=O)N2CC[C@]3(NC(=O)CCc4ccc(OC(F)(F)F)cc4)CCC[C@H]23)cc1OC. The Kier molecular flexibility index (Phi) is 7.57. The lowest BCUT2D eigenvalue weighted by atomic mass is 9.92. The number of methoxy groups -OCH3 is 2. The van der Waals surface area contributed by atoms with E-state index in [4.69, 9.17) is 9.47 Å². The standard InChI is InChI=1S/C27H31F3N2O5/c1-17-15-21(35-2)22(36-3)16-20(17)25(34)32-14-13-26(12-4-5-23(26)32)31-24(33)11-8-18-6-9-19(10-7-18)37-27(28,29)30/h6-7,9-10,15-16,23H,4-5,8,11-14H2,1-3H3,(H,31,33)/t23-,26+/m0/s1. The van der Waals surface area contributed by atoms with Gasteiger partial charge >= 0.3 is 6.36 Å². The molecular formula is C27H31F3N2O5. The van der Waals surface area contributed by atoms with Gasteiger partial charge < -0.3 is 24.4 Å². The summed E-state index contributed by atoms with van der Waals surface area (Å²) in [6, 6.07) is 8.91. The molecule has 1 N–H and O–H groups in total. The largest absolute Gasteiger partial charge is 0.573 e. The minimum atomic E-state index is -4.74. The molecule has 37 heavy (non-hydrogen) atoms. The number of halogens is 3. The van der Waals surface area contributed by atoms with Crippen molar-refractivity contribution < 1.29 is 37.0 Å². The molecule has 1 aliphatic carbocycles. The molecule has 1 aliphatic heterocycles. The van der Waals surface area contributed by atoms with Crippen LogP contribution < -0.4 is 19.5 Å². The van der Waals surface area contributed by atoms with E-state index < -0.39 is 11.9 Å². The molecule has 0 spiro atoms. The van der Waals surface area contributed by atoms with E-state index in [1.807, 2.05) is 11.8 Å². The Morgan fingerprint density at radius 1 is 1.08 bits per heavy atom. The van der Waals surface area contributed by atoms with Crippen LogP contribution in [0.3, 0.4) is 0 Å². The van der Waals surface area contributed by atoms with Gasteiger partial charge in [-0.2, -0.15) is 0 Å². The molecule has 2 amide bonds. The van der Waals surface area contributed by atoms with E-state index in [0.717, 1.165) is 30.4 Å². The van der Waals surface area contributed by atoms with Gasteiger partial charge in [0.25, 0.3) is 5.91 Å². The molecular weight excluding hydrogens is 489 g/mol. The van der Waals surface area contributed by atoms with Gasteiger partial charge in [-0.1, -0.05) is 12.1 Å². The summed E-state index contributed by atoms with van der Waals surface area (Å²) in [7, 11) is 3.08. The van der Waals surface area contributed by atoms with E-state index >= 15 is 0 Å². The lowest BCUT2D eigenvalue weighted by Gasteiger charge is -2.33. The number of hydrogen-bond donors (Lipinski definition) is 1. The fraction of sp³-hybridized carbons (Fsp3) is 0.481. The molecule has 2 aliphatic rings. The van der Waals surface area contributed by atoms with E-state index in [-0.39, 0.29) is 30.0 Å². The van der Waals surface area contributed by atoms with E-state index in [9.17, 15) is 22.8 Å². The third-order valence-electron chi connectivity index (χ3n) is 7.32. The van der Waals surface area contributed by atoms with Gasteiger partial charge in [0.05, 0.1) is 25.8 Å². The maximum Gasteiger partial charge on any atom is 0.573 e. The van der Waals surface area contributed by atoms with Crippen molar-refractivity contribution in [2.24, 2.45) is 0 Å². The quantitative estimate of drug-likeness (QED) is 0.541. The van der Waals surface area contributed by atoms with Gasteiger partial charge in [-0.05, 0) is 74.4 Å². The van der Waals surface area contributed by atoms with Gasteiger partial charge in [-0.3, -0.25) is 9.59 Å². The van der Waals surface area contributed by atoms with Crippen LogP contribution in [0, 0.1) is 6.92 Å². The molecule has 200 valence electrons. The number of likely N-dealkylation sites (tertiary alicyclic amines) is 1. The summed E-state index contributed by atoms with van der Waals surface area (Å²) in [4.78, 5) is 28.3. The summed E-state index contributed by atoms with van der Waals surface area (Å²) in [6.07, 6.45) is -0.998. The van der Waals surface area contributed by atoms with Crippen LogP contribution in [0.1, 0.15) is 53.6 Å². The predicted molar refractivity (Wildman–Crippen MR) is 130 cm³/mol. The van der Waals surface area contributed by atoms with E-state index in [1.54, 1.807) is 19.2 Å². The van der Waals surface area contributed by atoms with Crippen LogP contribution in [0.5, 0.6) is 17.2 Å². The average Bonchev–Trinajstić information content (AvgIpc) is 3.40. The molecule has 0 unspecified atom stereocenters. The minimum Gasteiger partial charge on any atom is -0.493 e. The first-order chi connectivity index (χ1) is 17.5. The topological polar surface area (TPSA) is 77.1 Å². The van der Waals surface area contributed by atoms with Crippen LogP contribution in [-0.4, -0.2) is 55.4 Å². The molecule has 1 saturated carbocycles. The van der Waals surface area contributed by atoms with Gasteiger partial charge in [-0.25, -0.2) is 0 Å². The molecule has 2 aromatic carbocycles.